The highest BCUT2D eigenvalue weighted by atomic mass is 15.4. The van der Waals surface area contributed by atoms with Gasteiger partial charge in [0.05, 0.1) is 12.2 Å². The van der Waals surface area contributed by atoms with Crippen LogP contribution in [-0.4, -0.2) is 17.6 Å². The summed E-state index contributed by atoms with van der Waals surface area (Å²) in [5.74, 6) is 0. The number of benzene rings is 2. The lowest BCUT2D eigenvalue weighted by atomic mass is 9.96. The highest BCUT2D eigenvalue weighted by Crippen LogP contribution is 2.42. The van der Waals surface area contributed by atoms with E-state index in [-0.39, 0.29) is 0 Å². The van der Waals surface area contributed by atoms with E-state index in [1.54, 1.807) is 0 Å². The van der Waals surface area contributed by atoms with Crippen molar-refractivity contribution >= 4 is 5.69 Å². The molecule has 0 N–H and O–H groups in total. The minimum Gasteiger partial charge on any atom is -0.349 e. The maximum absolute atomic E-state index is 2.63. The smallest absolute Gasteiger partial charge is 0.0801 e. The Morgan fingerprint density at radius 3 is 2.62 bits per heavy atom. The van der Waals surface area contributed by atoms with Crippen molar-refractivity contribution in [3.05, 3.63) is 65.2 Å². The molecule has 3 heterocycles. The van der Waals surface area contributed by atoms with E-state index in [1.807, 2.05) is 0 Å². The molecule has 108 valence electrons. The zero-order chi connectivity index (χ0) is 14.4. The molecule has 0 saturated carbocycles. The molecule has 3 atom stereocenters. The molecule has 3 aliphatic heterocycles. The predicted molar refractivity (Wildman–Crippen MR) is 87.3 cm³/mol. The lowest BCUT2D eigenvalue weighted by molar-refractivity contribution is 0.154. The molecule has 0 amide bonds. The number of fused-ring (bicyclic) bond motifs is 2. The van der Waals surface area contributed by atoms with Crippen LogP contribution >= 0.6 is 0 Å². The number of aryl methyl sites for hydroxylation is 1. The number of para-hydroxylation sites is 1. The topological polar surface area (TPSA) is 6.48 Å². The second-order valence-electron chi connectivity index (χ2n) is 6.30. The van der Waals surface area contributed by atoms with Gasteiger partial charge >= 0.3 is 0 Å². The minimum absolute atomic E-state index is 0.456. The monoisotopic (exact) mass is 278 g/mol. The predicted octanol–water partition coefficient (Wildman–Crippen LogP) is 4.11. The first kappa shape index (κ1) is 12.9. The third kappa shape index (κ3) is 1.97. The third-order valence-corrected chi connectivity index (χ3v) is 5.14. The molecule has 0 spiro atoms. The lowest BCUT2D eigenvalue weighted by Crippen LogP contribution is -2.51. The Labute approximate surface area is 127 Å². The van der Waals surface area contributed by atoms with Crippen molar-refractivity contribution in [2.75, 3.05) is 11.4 Å². The molecule has 2 bridgehead atoms. The van der Waals surface area contributed by atoms with Gasteiger partial charge in [0.2, 0.25) is 0 Å². The summed E-state index contributed by atoms with van der Waals surface area (Å²) in [6, 6.07) is 18.3. The average Bonchev–Trinajstić information content (AvgIpc) is 2.75. The van der Waals surface area contributed by atoms with Gasteiger partial charge in [0.15, 0.2) is 0 Å². The van der Waals surface area contributed by atoms with Gasteiger partial charge in [-0.2, -0.15) is 0 Å². The SMILES string of the molecule is Cc1ccccc1N1C2CCN(Cc3ccccc32)C1C. The molecule has 2 nitrogen and oxygen atoms in total. The summed E-state index contributed by atoms with van der Waals surface area (Å²) in [6.07, 6.45) is 1.67. The number of hydrogen-bond donors (Lipinski definition) is 0. The zero-order valence-electron chi connectivity index (χ0n) is 12.8. The van der Waals surface area contributed by atoms with E-state index in [0.717, 1.165) is 6.54 Å². The number of rotatable bonds is 1. The summed E-state index contributed by atoms with van der Waals surface area (Å²) in [4.78, 5) is 5.24. The van der Waals surface area contributed by atoms with Crippen LogP contribution in [0.2, 0.25) is 0 Å². The van der Waals surface area contributed by atoms with E-state index in [2.05, 4.69) is 72.2 Å². The Hall–Kier alpha value is -1.80. The molecule has 2 heteroatoms. The molecule has 0 aromatic heterocycles. The van der Waals surface area contributed by atoms with Crippen molar-refractivity contribution < 1.29 is 0 Å². The fourth-order valence-electron chi connectivity index (χ4n) is 4.01. The zero-order valence-corrected chi connectivity index (χ0v) is 12.8. The average molecular weight is 278 g/mol. The highest BCUT2D eigenvalue weighted by Gasteiger charge is 2.38. The van der Waals surface area contributed by atoms with Crippen molar-refractivity contribution in [1.82, 2.24) is 4.90 Å². The quantitative estimate of drug-likeness (QED) is 0.774. The molecule has 0 aliphatic carbocycles. The molecule has 3 aliphatic rings. The van der Waals surface area contributed by atoms with Crippen LogP contribution in [0.5, 0.6) is 0 Å². The van der Waals surface area contributed by atoms with Crippen LogP contribution < -0.4 is 4.90 Å². The summed E-state index contributed by atoms with van der Waals surface area (Å²) >= 11 is 0. The van der Waals surface area contributed by atoms with E-state index >= 15 is 0 Å². The molecule has 3 unspecified atom stereocenters. The third-order valence-electron chi connectivity index (χ3n) is 5.14. The van der Waals surface area contributed by atoms with E-state index in [4.69, 9.17) is 0 Å². The largest absolute Gasteiger partial charge is 0.349 e. The van der Waals surface area contributed by atoms with Crippen LogP contribution in [-0.2, 0) is 6.54 Å². The molecule has 5 rings (SSSR count). The fourth-order valence-corrected chi connectivity index (χ4v) is 4.01. The van der Waals surface area contributed by atoms with Crippen molar-refractivity contribution in [1.29, 1.82) is 0 Å². The highest BCUT2D eigenvalue weighted by molar-refractivity contribution is 5.57. The maximum atomic E-state index is 2.63. The van der Waals surface area contributed by atoms with Gasteiger partial charge in [0, 0.05) is 18.8 Å². The molecule has 21 heavy (non-hydrogen) atoms. The molecule has 2 aromatic rings. The van der Waals surface area contributed by atoms with Gasteiger partial charge < -0.3 is 4.90 Å². The van der Waals surface area contributed by atoms with Crippen LogP contribution in [0.25, 0.3) is 0 Å². The summed E-state index contributed by atoms with van der Waals surface area (Å²) < 4.78 is 0. The Balaban J connectivity index is 1.87. The first-order valence-electron chi connectivity index (χ1n) is 7.91. The second kappa shape index (κ2) is 4.88. The summed E-state index contributed by atoms with van der Waals surface area (Å²) in [5.41, 5.74) is 5.78. The molecule has 1 saturated heterocycles. The van der Waals surface area contributed by atoms with Crippen LogP contribution in [0.15, 0.2) is 48.5 Å². The Bertz CT molecular complexity index is 664. The van der Waals surface area contributed by atoms with Gasteiger partial charge in [-0.3, -0.25) is 4.90 Å². The molecule has 1 fully saturated rings. The van der Waals surface area contributed by atoms with Gasteiger partial charge in [0.25, 0.3) is 0 Å². The first-order valence-corrected chi connectivity index (χ1v) is 7.91. The van der Waals surface area contributed by atoms with Gasteiger partial charge in [-0.1, -0.05) is 42.5 Å². The van der Waals surface area contributed by atoms with Crippen molar-refractivity contribution in [3.63, 3.8) is 0 Å². The normalized spacial score (nSPS) is 27.3. The van der Waals surface area contributed by atoms with Crippen molar-refractivity contribution in [3.8, 4) is 0 Å². The molecule has 2 aromatic carbocycles. The van der Waals surface area contributed by atoms with Gasteiger partial charge in [-0.05, 0) is 43.0 Å². The summed E-state index contributed by atoms with van der Waals surface area (Å²) in [5, 5.41) is 0. The lowest BCUT2D eigenvalue weighted by Gasteiger charge is -2.46. The standard InChI is InChI=1S/C19H22N2/c1-14-7-3-6-10-18(14)21-15(2)20-12-11-19(21)17-9-5-4-8-16(17)13-20/h3-10,15,19H,11-13H2,1-2H3. The van der Waals surface area contributed by atoms with E-state index in [9.17, 15) is 0 Å². The Kier molecular flexibility index (Phi) is 3.00. The van der Waals surface area contributed by atoms with Crippen LogP contribution in [0, 0.1) is 6.92 Å². The second-order valence-corrected chi connectivity index (χ2v) is 6.30. The summed E-state index contributed by atoms with van der Waals surface area (Å²) in [6.45, 7) is 6.85. The summed E-state index contributed by atoms with van der Waals surface area (Å²) in [7, 11) is 0. The number of nitrogens with zero attached hydrogens (tertiary/aromatic N) is 2. The molecular formula is C19H22N2. The molecular weight excluding hydrogens is 256 g/mol. The minimum atomic E-state index is 0.456. The fraction of sp³-hybridized carbons (Fsp3) is 0.368. The number of anilines is 1. The van der Waals surface area contributed by atoms with Crippen LogP contribution in [0.4, 0.5) is 5.69 Å². The van der Waals surface area contributed by atoms with Gasteiger partial charge in [-0.25, -0.2) is 0 Å². The van der Waals surface area contributed by atoms with Crippen molar-refractivity contribution in [2.24, 2.45) is 0 Å². The Morgan fingerprint density at radius 2 is 1.76 bits per heavy atom. The maximum Gasteiger partial charge on any atom is 0.0801 e. The van der Waals surface area contributed by atoms with E-state index < -0.39 is 0 Å². The number of hydrogen-bond acceptors (Lipinski definition) is 2. The Morgan fingerprint density at radius 1 is 1.00 bits per heavy atom. The molecule has 0 radical (unpaired) electrons. The van der Waals surface area contributed by atoms with Gasteiger partial charge in [0.1, 0.15) is 0 Å². The van der Waals surface area contributed by atoms with Crippen molar-refractivity contribution in [2.45, 2.75) is 39.0 Å². The van der Waals surface area contributed by atoms with Gasteiger partial charge in [-0.15, -0.1) is 0 Å². The van der Waals surface area contributed by atoms with E-state index in [1.165, 1.54) is 35.3 Å². The van der Waals surface area contributed by atoms with Crippen LogP contribution in [0.3, 0.4) is 0 Å². The first-order chi connectivity index (χ1) is 10.3. The van der Waals surface area contributed by atoms with E-state index in [0.29, 0.717) is 12.2 Å². The van der Waals surface area contributed by atoms with Crippen LogP contribution in [0.1, 0.15) is 36.1 Å².